The van der Waals surface area contributed by atoms with Gasteiger partial charge < -0.3 is 14.7 Å². The van der Waals surface area contributed by atoms with Crippen molar-refractivity contribution in [3.05, 3.63) is 23.8 Å². The van der Waals surface area contributed by atoms with Gasteiger partial charge in [0.15, 0.2) is 0 Å². The first-order valence-corrected chi connectivity index (χ1v) is 10.5. The van der Waals surface area contributed by atoms with Crippen molar-refractivity contribution >= 4 is 17.6 Å². The molecule has 0 aromatic heterocycles. The van der Waals surface area contributed by atoms with E-state index in [1.54, 1.807) is 18.2 Å². The van der Waals surface area contributed by atoms with Crippen molar-refractivity contribution in [2.75, 3.05) is 39.3 Å². The number of rotatable bonds is 6. The Hall–Kier alpha value is -2.61. The van der Waals surface area contributed by atoms with Gasteiger partial charge in [-0.1, -0.05) is 6.42 Å². The Kier molecular flexibility index (Phi) is 5.99. The van der Waals surface area contributed by atoms with Crippen molar-refractivity contribution in [2.45, 2.75) is 38.5 Å². The lowest BCUT2D eigenvalue weighted by Gasteiger charge is -2.26. The first-order chi connectivity index (χ1) is 14.1. The SMILES string of the molecule is O=C1CN(/N=C2\CCOc3ccc(O)cc32)C(=O)N1CCCCN1CCCCC1. The highest BCUT2D eigenvalue weighted by molar-refractivity contribution is 6.06. The minimum absolute atomic E-state index is 0.0382. The third kappa shape index (κ3) is 4.53. The summed E-state index contributed by atoms with van der Waals surface area (Å²) in [5, 5.41) is 15.4. The van der Waals surface area contributed by atoms with E-state index < -0.39 is 0 Å². The van der Waals surface area contributed by atoms with Crippen LogP contribution in [0.25, 0.3) is 0 Å². The van der Waals surface area contributed by atoms with E-state index in [9.17, 15) is 14.7 Å². The van der Waals surface area contributed by atoms with Crippen molar-refractivity contribution in [3.63, 3.8) is 0 Å². The summed E-state index contributed by atoms with van der Waals surface area (Å²) in [6, 6.07) is 4.45. The number of likely N-dealkylation sites (tertiary alicyclic amines) is 1. The van der Waals surface area contributed by atoms with Gasteiger partial charge in [0.25, 0.3) is 5.91 Å². The number of hydrazone groups is 1. The summed E-state index contributed by atoms with van der Waals surface area (Å²) >= 11 is 0. The normalized spacial score (nSPS) is 21.6. The molecule has 156 valence electrons. The fourth-order valence-electron chi connectivity index (χ4n) is 4.13. The Labute approximate surface area is 170 Å². The maximum Gasteiger partial charge on any atom is 0.347 e. The number of benzene rings is 1. The first kappa shape index (κ1) is 19.7. The van der Waals surface area contributed by atoms with E-state index in [1.165, 1.54) is 29.2 Å². The number of fused-ring (bicyclic) bond motifs is 1. The smallest absolute Gasteiger partial charge is 0.347 e. The zero-order chi connectivity index (χ0) is 20.2. The molecule has 29 heavy (non-hydrogen) atoms. The number of imide groups is 1. The summed E-state index contributed by atoms with van der Waals surface area (Å²) in [4.78, 5) is 28.8. The van der Waals surface area contributed by atoms with Crippen LogP contribution in [0.4, 0.5) is 4.79 Å². The molecule has 0 saturated carbocycles. The molecule has 4 rings (SSSR count). The zero-order valence-corrected chi connectivity index (χ0v) is 16.7. The Balaban J connectivity index is 1.35. The highest BCUT2D eigenvalue weighted by atomic mass is 16.5. The molecule has 0 atom stereocenters. The van der Waals surface area contributed by atoms with Gasteiger partial charge in [0.1, 0.15) is 18.0 Å². The lowest BCUT2D eigenvalue weighted by molar-refractivity contribution is -0.125. The Morgan fingerprint density at radius 3 is 2.69 bits per heavy atom. The van der Waals surface area contributed by atoms with Gasteiger partial charge in [0.05, 0.1) is 12.3 Å². The molecule has 1 N–H and O–H groups in total. The Morgan fingerprint density at radius 1 is 1.07 bits per heavy atom. The Bertz CT molecular complexity index is 804. The monoisotopic (exact) mass is 400 g/mol. The van der Waals surface area contributed by atoms with Gasteiger partial charge in [-0.2, -0.15) is 5.10 Å². The molecule has 8 heteroatoms. The van der Waals surface area contributed by atoms with Gasteiger partial charge in [-0.15, -0.1) is 0 Å². The fraction of sp³-hybridized carbons (Fsp3) is 0.571. The maximum atomic E-state index is 12.7. The number of phenolic OH excluding ortho intramolecular Hbond substituents is 1. The summed E-state index contributed by atoms with van der Waals surface area (Å²) in [5.41, 5.74) is 1.31. The van der Waals surface area contributed by atoms with Crippen molar-refractivity contribution in [2.24, 2.45) is 5.10 Å². The predicted molar refractivity (Wildman–Crippen MR) is 108 cm³/mol. The molecule has 0 bridgehead atoms. The number of phenols is 1. The largest absolute Gasteiger partial charge is 0.508 e. The summed E-state index contributed by atoms with van der Waals surface area (Å²) in [6.45, 7) is 4.20. The maximum absolute atomic E-state index is 12.7. The van der Waals surface area contributed by atoms with Crippen LogP contribution < -0.4 is 4.74 Å². The number of aromatic hydroxyl groups is 1. The number of carbonyl (C=O) groups excluding carboxylic acids is 2. The molecule has 0 spiro atoms. The van der Waals surface area contributed by atoms with E-state index >= 15 is 0 Å². The van der Waals surface area contributed by atoms with Gasteiger partial charge in [0, 0.05) is 18.5 Å². The molecule has 1 aromatic rings. The average Bonchev–Trinajstić information content (AvgIpc) is 2.99. The standard InChI is InChI=1S/C21H28N4O4/c26-16-6-7-19-17(14-16)18(8-13-29-19)22-25-15-20(27)24(21(25)28)12-5-4-11-23-9-2-1-3-10-23/h6-7,14,26H,1-5,8-13,15H2/b22-18+. The number of urea groups is 1. The van der Waals surface area contributed by atoms with E-state index in [0.29, 0.717) is 36.6 Å². The van der Waals surface area contributed by atoms with E-state index in [1.807, 2.05) is 0 Å². The third-order valence-electron chi connectivity index (χ3n) is 5.70. The molecular formula is C21H28N4O4. The van der Waals surface area contributed by atoms with Gasteiger partial charge in [-0.25, -0.2) is 9.80 Å². The zero-order valence-electron chi connectivity index (χ0n) is 16.7. The molecule has 0 radical (unpaired) electrons. The molecule has 3 aliphatic heterocycles. The van der Waals surface area contributed by atoms with Gasteiger partial charge in [-0.3, -0.25) is 9.69 Å². The lowest BCUT2D eigenvalue weighted by Crippen LogP contribution is -2.34. The average molecular weight is 400 g/mol. The van der Waals surface area contributed by atoms with Crippen molar-refractivity contribution in [1.82, 2.24) is 14.8 Å². The van der Waals surface area contributed by atoms with Gasteiger partial charge >= 0.3 is 6.03 Å². The van der Waals surface area contributed by atoms with Crippen LogP contribution in [0.15, 0.2) is 23.3 Å². The van der Waals surface area contributed by atoms with Crippen LogP contribution in [-0.2, 0) is 4.79 Å². The Morgan fingerprint density at radius 2 is 1.86 bits per heavy atom. The van der Waals surface area contributed by atoms with Crippen LogP contribution in [0.3, 0.4) is 0 Å². The topological polar surface area (TPSA) is 85.7 Å². The predicted octanol–water partition coefficient (Wildman–Crippen LogP) is 2.41. The second kappa shape index (κ2) is 8.82. The summed E-state index contributed by atoms with van der Waals surface area (Å²) < 4.78 is 5.58. The van der Waals surface area contributed by atoms with E-state index in [4.69, 9.17) is 4.74 Å². The van der Waals surface area contributed by atoms with Crippen molar-refractivity contribution < 1.29 is 19.4 Å². The molecule has 0 unspecified atom stereocenters. The summed E-state index contributed by atoms with van der Waals surface area (Å²) in [5.74, 6) is 0.530. The second-order valence-electron chi connectivity index (χ2n) is 7.82. The highest BCUT2D eigenvalue weighted by Crippen LogP contribution is 2.29. The lowest BCUT2D eigenvalue weighted by atomic mass is 10.0. The second-order valence-corrected chi connectivity index (χ2v) is 7.82. The van der Waals surface area contributed by atoms with Crippen LogP contribution in [0.2, 0.25) is 0 Å². The molecule has 0 aliphatic carbocycles. The minimum Gasteiger partial charge on any atom is -0.508 e. The highest BCUT2D eigenvalue weighted by Gasteiger charge is 2.36. The van der Waals surface area contributed by atoms with Crippen LogP contribution >= 0.6 is 0 Å². The number of carbonyl (C=O) groups is 2. The number of nitrogens with zero attached hydrogens (tertiary/aromatic N) is 4. The molecule has 3 aliphatic rings. The molecule has 2 saturated heterocycles. The van der Waals surface area contributed by atoms with Crippen molar-refractivity contribution in [1.29, 1.82) is 0 Å². The number of amides is 3. The van der Waals surface area contributed by atoms with Crippen LogP contribution in [-0.4, -0.2) is 76.9 Å². The third-order valence-corrected chi connectivity index (χ3v) is 5.70. The fourth-order valence-corrected chi connectivity index (χ4v) is 4.13. The van der Waals surface area contributed by atoms with Crippen LogP contribution in [0.5, 0.6) is 11.5 Å². The minimum atomic E-state index is -0.367. The van der Waals surface area contributed by atoms with E-state index in [2.05, 4.69) is 10.0 Å². The number of piperidine rings is 1. The van der Waals surface area contributed by atoms with Crippen LogP contribution in [0, 0.1) is 0 Å². The van der Waals surface area contributed by atoms with Gasteiger partial charge in [0.2, 0.25) is 0 Å². The summed E-state index contributed by atoms with van der Waals surface area (Å²) in [7, 11) is 0. The molecular weight excluding hydrogens is 372 g/mol. The molecule has 1 aromatic carbocycles. The molecule has 3 heterocycles. The van der Waals surface area contributed by atoms with Gasteiger partial charge in [-0.05, 0) is 63.5 Å². The number of hydrogen-bond acceptors (Lipinski definition) is 6. The summed E-state index contributed by atoms with van der Waals surface area (Å²) in [6.07, 6.45) is 6.17. The number of hydrogen-bond donors (Lipinski definition) is 1. The molecule has 2 fully saturated rings. The number of ether oxygens (including phenoxy) is 1. The van der Waals surface area contributed by atoms with Crippen LogP contribution in [0.1, 0.15) is 44.1 Å². The first-order valence-electron chi connectivity index (χ1n) is 10.5. The van der Waals surface area contributed by atoms with Crippen molar-refractivity contribution in [3.8, 4) is 11.5 Å². The number of unbranched alkanes of at least 4 members (excludes halogenated alkanes) is 1. The molecule has 8 nitrogen and oxygen atoms in total. The molecule has 3 amide bonds. The van der Waals surface area contributed by atoms with E-state index in [0.717, 1.165) is 32.5 Å². The van der Waals surface area contributed by atoms with E-state index in [-0.39, 0.29) is 24.2 Å². The quantitative estimate of drug-likeness (QED) is 0.585.